The number of phenols is 1. The molecule has 5 N–H and O–H groups in total. The largest absolute Gasteiger partial charge is 0.507 e. The maximum absolute atomic E-state index is 11.4. The predicted octanol–water partition coefficient (Wildman–Crippen LogP) is 3.45. The quantitative estimate of drug-likeness (QED) is 0.493. The summed E-state index contributed by atoms with van der Waals surface area (Å²) < 4.78 is 0. The topological polar surface area (TPSA) is 98.8 Å². The van der Waals surface area contributed by atoms with Crippen LogP contribution in [0.3, 0.4) is 0 Å². The van der Waals surface area contributed by atoms with Crippen LogP contribution in [0.4, 0.5) is 5.69 Å². The average molecular weight is 426 g/mol. The summed E-state index contributed by atoms with van der Waals surface area (Å²) >= 11 is 0. The Hall–Kier alpha value is -2.57. The second-order valence-electron chi connectivity index (χ2n) is 8.86. The molecule has 31 heavy (non-hydrogen) atoms. The molecule has 3 rings (SSSR count). The van der Waals surface area contributed by atoms with E-state index >= 15 is 0 Å². The minimum Gasteiger partial charge on any atom is -0.507 e. The van der Waals surface area contributed by atoms with Gasteiger partial charge in [-0.05, 0) is 67.9 Å². The lowest BCUT2D eigenvalue weighted by atomic mass is 9.78. The first kappa shape index (κ1) is 23.1. The van der Waals surface area contributed by atoms with E-state index in [0.717, 1.165) is 6.54 Å². The van der Waals surface area contributed by atoms with Crippen LogP contribution in [0, 0.1) is 11.8 Å². The van der Waals surface area contributed by atoms with Gasteiger partial charge in [-0.2, -0.15) is 0 Å². The summed E-state index contributed by atoms with van der Waals surface area (Å²) in [6, 6.07) is 15.3. The highest BCUT2D eigenvalue weighted by Gasteiger charge is 2.27. The van der Waals surface area contributed by atoms with Gasteiger partial charge in [-0.25, -0.2) is 0 Å². The van der Waals surface area contributed by atoms with Gasteiger partial charge in [-0.3, -0.25) is 4.79 Å². The Balaban J connectivity index is 1.51. The predicted molar refractivity (Wildman–Crippen MR) is 124 cm³/mol. The van der Waals surface area contributed by atoms with E-state index in [0.29, 0.717) is 23.9 Å². The molecule has 1 saturated carbocycles. The van der Waals surface area contributed by atoms with Gasteiger partial charge in [0.05, 0.1) is 11.7 Å². The number of amides is 1. The van der Waals surface area contributed by atoms with Crippen LogP contribution in [0.2, 0.25) is 0 Å². The van der Waals surface area contributed by atoms with Gasteiger partial charge < -0.3 is 26.2 Å². The number of aromatic hydroxyl groups is 1. The smallest absolute Gasteiger partial charge is 0.252 e. The van der Waals surface area contributed by atoms with E-state index in [1.165, 1.54) is 43.5 Å². The van der Waals surface area contributed by atoms with E-state index in [1.54, 1.807) is 6.07 Å². The van der Waals surface area contributed by atoms with Gasteiger partial charge in [0.15, 0.2) is 0 Å². The van der Waals surface area contributed by atoms with Crippen molar-refractivity contribution in [3.8, 4) is 5.75 Å². The Labute approximate surface area is 185 Å². The Bertz CT molecular complexity index is 858. The van der Waals surface area contributed by atoms with Gasteiger partial charge >= 0.3 is 0 Å². The van der Waals surface area contributed by atoms with Crippen molar-refractivity contribution in [2.45, 2.75) is 44.8 Å². The third-order valence-electron chi connectivity index (χ3n) is 6.56. The Kier molecular flexibility index (Phi) is 7.93. The number of hydrogen-bond donors (Lipinski definition) is 4. The minimum atomic E-state index is -0.773. The first-order valence-electron chi connectivity index (χ1n) is 11.2. The fourth-order valence-corrected chi connectivity index (χ4v) is 4.67. The van der Waals surface area contributed by atoms with Gasteiger partial charge in [0.1, 0.15) is 5.75 Å². The summed E-state index contributed by atoms with van der Waals surface area (Å²) in [7, 11) is 2.16. The summed E-state index contributed by atoms with van der Waals surface area (Å²) in [6.07, 6.45) is 4.08. The molecule has 1 aliphatic rings. The lowest BCUT2D eigenvalue weighted by molar-refractivity contribution is 0.0997. The third-order valence-corrected chi connectivity index (χ3v) is 6.56. The van der Waals surface area contributed by atoms with Crippen LogP contribution in [0.15, 0.2) is 48.5 Å². The lowest BCUT2D eigenvalue weighted by Crippen LogP contribution is -2.40. The zero-order chi connectivity index (χ0) is 22.4. The molecule has 1 aliphatic carbocycles. The van der Waals surface area contributed by atoms with Crippen molar-refractivity contribution in [3.63, 3.8) is 0 Å². The Morgan fingerprint density at radius 3 is 2.68 bits per heavy atom. The number of nitrogens with one attached hydrogen (secondary N) is 1. The first-order valence-corrected chi connectivity index (χ1v) is 11.2. The molecule has 2 unspecified atom stereocenters. The number of benzene rings is 2. The molecule has 0 saturated heterocycles. The molecule has 6 heteroatoms. The number of hydrogen-bond acceptors (Lipinski definition) is 5. The average Bonchev–Trinajstić information content (AvgIpc) is 2.78. The normalized spacial score (nSPS) is 20.7. The van der Waals surface area contributed by atoms with Crippen molar-refractivity contribution in [2.24, 2.45) is 17.6 Å². The second kappa shape index (κ2) is 10.6. The van der Waals surface area contributed by atoms with E-state index in [4.69, 9.17) is 5.73 Å². The lowest BCUT2D eigenvalue weighted by Gasteiger charge is -2.36. The van der Waals surface area contributed by atoms with Gasteiger partial charge in [0.2, 0.25) is 0 Å². The molecule has 1 amide bonds. The molecule has 2 aromatic rings. The maximum atomic E-state index is 11.4. The van der Waals surface area contributed by atoms with E-state index in [9.17, 15) is 15.0 Å². The van der Waals surface area contributed by atoms with Crippen molar-refractivity contribution in [3.05, 3.63) is 59.7 Å². The van der Waals surface area contributed by atoms with Crippen LogP contribution in [-0.2, 0) is 0 Å². The number of carbonyl (C=O) groups excluding carboxylic acids is 1. The second-order valence-corrected chi connectivity index (χ2v) is 8.86. The number of rotatable bonds is 9. The fourth-order valence-electron chi connectivity index (χ4n) is 4.67. The van der Waals surface area contributed by atoms with Crippen molar-refractivity contribution in [2.75, 3.05) is 25.0 Å². The molecule has 6 nitrogen and oxygen atoms in total. The summed E-state index contributed by atoms with van der Waals surface area (Å²) in [5.41, 5.74) is 7.14. The minimum absolute atomic E-state index is 0.0299. The number of aliphatic hydroxyl groups excluding tert-OH is 1. The SMILES string of the molecule is CC(NCC(O)c1ccc(O)c(C(N)=O)c1)[C@H]1CCC[C@H](CN(C)c2ccccc2)C1. The zero-order valence-electron chi connectivity index (χ0n) is 18.5. The van der Waals surface area contributed by atoms with Gasteiger partial charge in [-0.1, -0.05) is 30.7 Å². The number of primary amides is 1. The molecule has 0 aliphatic heterocycles. The van der Waals surface area contributed by atoms with Crippen molar-refractivity contribution < 1.29 is 15.0 Å². The van der Waals surface area contributed by atoms with E-state index in [2.05, 4.69) is 48.5 Å². The van der Waals surface area contributed by atoms with Crippen molar-refractivity contribution in [1.82, 2.24) is 5.32 Å². The van der Waals surface area contributed by atoms with Gasteiger partial charge in [0.25, 0.3) is 5.91 Å². The fraction of sp³-hybridized carbons (Fsp3) is 0.480. The molecule has 1 fully saturated rings. The highest BCUT2D eigenvalue weighted by molar-refractivity contribution is 5.95. The number of anilines is 1. The maximum Gasteiger partial charge on any atom is 0.252 e. The molecule has 0 spiro atoms. The van der Waals surface area contributed by atoms with Crippen molar-refractivity contribution in [1.29, 1.82) is 0 Å². The number of aliphatic hydroxyl groups is 1. The zero-order valence-corrected chi connectivity index (χ0v) is 18.5. The number of nitrogens with zero attached hydrogens (tertiary/aromatic N) is 1. The number of nitrogens with two attached hydrogens (primary N) is 1. The van der Waals surface area contributed by atoms with Crippen LogP contribution >= 0.6 is 0 Å². The van der Waals surface area contributed by atoms with Crippen LogP contribution in [-0.4, -0.2) is 42.3 Å². The molecular formula is C25H35N3O3. The Morgan fingerprint density at radius 2 is 1.97 bits per heavy atom. The van der Waals surface area contributed by atoms with Crippen LogP contribution < -0.4 is 16.0 Å². The van der Waals surface area contributed by atoms with E-state index in [-0.39, 0.29) is 17.4 Å². The van der Waals surface area contributed by atoms with E-state index in [1.807, 2.05) is 6.07 Å². The summed E-state index contributed by atoms with van der Waals surface area (Å²) in [5, 5.41) is 23.8. The van der Waals surface area contributed by atoms with Gasteiger partial charge in [0, 0.05) is 31.9 Å². The molecule has 0 radical (unpaired) electrons. The number of carbonyl (C=O) groups is 1. The van der Waals surface area contributed by atoms with Crippen LogP contribution in [0.5, 0.6) is 5.75 Å². The molecule has 4 atom stereocenters. The highest BCUT2D eigenvalue weighted by atomic mass is 16.3. The summed E-state index contributed by atoms with van der Waals surface area (Å²) in [5.74, 6) is 0.351. The molecule has 2 aromatic carbocycles. The van der Waals surface area contributed by atoms with Crippen molar-refractivity contribution >= 4 is 11.6 Å². The highest BCUT2D eigenvalue weighted by Crippen LogP contribution is 2.32. The Morgan fingerprint density at radius 1 is 1.23 bits per heavy atom. The molecular weight excluding hydrogens is 390 g/mol. The molecule has 0 bridgehead atoms. The molecule has 0 aromatic heterocycles. The summed E-state index contributed by atoms with van der Waals surface area (Å²) in [4.78, 5) is 13.8. The van der Waals surface area contributed by atoms with Crippen LogP contribution in [0.25, 0.3) is 0 Å². The number of para-hydroxylation sites is 1. The first-order chi connectivity index (χ1) is 14.8. The van der Waals surface area contributed by atoms with E-state index < -0.39 is 12.0 Å². The third kappa shape index (κ3) is 6.21. The van der Waals surface area contributed by atoms with Crippen LogP contribution in [0.1, 0.15) is 54.6 Å². The summed E-state index contributed by atoms with van der Waals surface area (Å²) in [6.45, 7) is 3.63. The standard InChI is InChI=1S/C25H35N3O3/c1-17(27-15-24(30)20-11-12-23(29)22(14-20)25(26)31)19-8-6-7-18(13-19)16-28(2)21-9-4-3-5-10-21/h3-5,9-12,14,17-19,24,27,29-30H,6-8,13,15-16H2,1-2H3,(H2,26,31)/t17?,18-,19-,24?/m0/s1. The molecule has 168 valence electrons. The monoisotopic (exact) mass is 425 g/mol. The molecule has 0 heterocycles. The van der Waals surface area contributed by atoms with Gasteiger partial charge in [-0.15, -0.1) is 0 Å².